The van der Waals surface area contributed by atoms with E-state index in [1.165, 1.54) is 0 Å². The van der Waals surface area contributed by atoms with Crippen LogP contribution in [0.2, 0.25) is 20.1 Å². The predicted molar refractivity (Wildman–Crippen MR) is 95.9 cm³/mol. The second-order valence-electron chi connectivity index (χ2n) is 4.83. The predicted octanol–water partition coefficient (Wildman–Crippen LogP) is 5.84. The molecule has 130 valence electrons. The van der Waals surface area contributed by atoms with E-state index in [9.17, 15) is 0 Å². The topological polar surface area (TPSA) is 57.4 Å². The summed E-state index contributed by atoms with van der Waals surface area (Å²) in [6.07, 6.45) is 0. The number of hydrogen-bond donors (Lipinski definition) is 0. The summed E-state index contributed by atoms with van der Waals surface area (Å²) in [6.45, 7) is 0.155. The molecule has 0 aliphatic rings. The van der Waals surface area contributed by atoms with Crippen molar-refractivity contribution in [1.29, 1.82) is 0 Å². The summed E-state index contributed by atoms with van der Waals surface area (Å²) in [6, 6.07) is 9.84. The number of benzene rings is 2. The van der Waals surface area contributed by atoms with Gasteiger partial charge in [0.1, 0.15) is 11.5 Å². The maximum absolute atomic E-state index is 6.03. The highest BCUT2D eigenvalue weighted by Gasteiger charge is 2.10. The van der Waals surface area contributed by atoms with Crippen LogP contribution in [0, 0.1) is 0 Å². The quantitative estimate of drug-likeness (QED) is 0.502. The van der Waals surface area contributed by atoms with Crippen LogP contribution in [0.25, 0.3) is 0 Å². The first-order valence-corrected chi connectivity index (χ1v) is 8.49. The summed E-state index contributed by atoms with van der Waals surface area (Å²) in [4.78, 5) is 4.17. The zero-order valence-electron chi connectivity index (χ0n) is 12.5. The van der Waals surface area contributed by atoms with Gasteiger partial charge in [-0.05, 0) is 36.4 Å². The highest BCUT2D eigenvalue weighted by molar-refractivity contribution is 6.36. The molecule has 0 radical (unpaired) electrons. The van der Waals surface area contributed by atoms with Crippen LogP contribution in [-0.4, -0.2) is 10.1 Å². The van der Waals surface area contributed by atoms with Crippen molar-refractivity contribution in [2.45, 2.75) is 13.2 Å². The Morgan fingerprint density at radius 3 is 1.92 bits per heavy atom. The monoisotopic (exact) mass is 418 g/mol. The normalized spacial score (nSPS) is 10.7. The van der Waals surface area contributed by atoms with Gasteiger partial charge < -0.3 is 14.0 Å². The molecule has 0 aliphatic heterocycles. The van der Waals surface area contributed by atoms with Gasteiger partial charge in [0.15, 0.2) is 13.2 Å². The average Bonchev–Trinajstić information content (AvgIpc) is 3.01. The van der Waals surface area contributed by atoms with Crippen molar-refractivity contribution in [3.05, 3.63) is 68.2 Å². The van der Waals surface area contributed by atoms with Gasteiger partial charge in [0.25, 0.3) is 5.89 Å². The Balaban J connectivity index is 1.57. The van der Waals surface area contributed by atoms with Gasteiger partial charge in [-0.3, -0.25) is 0 Å². The van der Waals surface area contributed by atoms with E-state index in [2.05, 4.69) is 10.1 Å². The fourth-order valence-corrected chi connectivity index (χ4v) is 2.80. The molecular formula is C16H10Cl4N2O3. The van der Waals surface area contributed by atoms with Gasteiger partial charge in [0, 0.05) is 10.0 Å². The first kappa shape index (κ1) is 18.1. The third-order valence-corrected chi connectivity index (χ3v) is 4.07. The second-order valence-corrected chi connectivity index (χ2v) is 6.52. The van der Waals surface area contributed by atoms with Gasteiger partial charge >= 0.3 is 0 Å². The molecule has 0 spiro atoms. The molecule has 0 N–H and O–H groups in total. The zero-order chi connectivity index (χ0) is 17.8. The average molecular weight is 420 g/mol. The fourth-order valence-electron chi connectivity index (χ4n) is 1.87. The molecule has 25 heavy (non-hydrogen) atoms. The molecular weight excluding hydrogens is 410 g/mol. The van der Waals surface area contributed by atoms with E-state index in [1.807, 2.05) is 0 Å². The van der Waals surface area contributed by atoms with E-state index in [4.69, 9.17) is 60.4 Å². The standard InChI is InChI=1S/C16H10Cl4N2O3/c17-9-1-3-13(11(19)5-9)23-7-15-21-16(25-22-15)8-24-14-4-2-10(18)6-12(14)20/h1-6H,7-8H2. The minimum atomic E-state index is 0.0655. The number of nitrogens with zero attached hydrogens (tertiary/aromatic N) is 2. The van der Waals surface area contributed by atoms with Crippen LogP contribution in [0.4, 0.5) is 0 Å². The smallest absolute Gasteiger partial charge is 0.264 e. The molecule has 0 saturated carbocycles. The molecule has 1 aromatic heterocycles. The van der Waals surface area contributed by atoms with E-state index in [-0.39, 0.29) is 19.1 Å². The molecule has 0 saturated heterocycles. The molecule has 0 unspecified atom stereocenters. The highest BCUT2D eigenvalue weighted by Crippen LogP contribution is 2.29. The first-order valence-electron chi connectivity index (χ1n) is 6.98. The lowest BCUT2D eigenvalue weighted by molar-refractivity contribution is 0.240. The SMILES string of the molecule is Clc1ccc(OCc2noc(COc3ccc(Cl)cc3Cl)n2)c(Cl)c1. The van der Waals surface area contributed by atoms with Gasteiger partial charge in [-0.15, -0.1) is 0 Å². The summed E-state index contributed by atoms with van der Waals surface area (Å²) in [5, 5.41) is 5.66. The van der Waals surface area contributed by atoms with Crippen LogP contribution in [0.15, 0.2) is 40.9 Å². The Hall–Kier alpha value is -1.66. The molecule has 0 amide bonds. The van der Waals surface area contributed by atoms with Crippen molar-refractivity contribution >= 4 is 46.4 Å². The van der Waals surface area contributed by atoms with Gasteiger partial charge in [-0.25, -0.2) is 0 Å². The van der Waals surface area contributed by atoms with Crippen LogP contribution >= 0.6 is 46.4 Å². The lowest BCUT2D eigenvalue weighted by Gasteiger charge is -2.05. The third kappa shape index (κ3) is 4.92. The van der Waals surface area contributed by atoms with Crippen LogP contribution in [0.5, 0.6) is 11.5 Å². The van der Waals surface area contributed by atoms with Crippen LogP contribution in [-0.2, 0) is 13.2 Å². The van der Waals surface area contributed by atoms with Crippen LogP contribution in [0.1, 0.15) is 11.7 Å². The van der Waals surface area contributed by atoms with Crippen molar-refractivity contribution < 1.29 is 14.0 Å². The maximum Gasteiger partial charge on any atom is 0.264 e. The Bertz CT molecular complexity index is 816. The molecule has 1 heterocycles. The zero-order valence-corrected chi connectivity index (χ0v) is 15.5. The van der Waals surface area contributed by atoms with Crippen molar-refractivity contribution in [2.24, 2.45) is 0 Å². The minimum Gasteiger partial charge on any atom is -0.484 e. The second kappa shape index (κ2) is 8.15. The number of ether oxygens (including phenoxy) is 2. The Morgan fingerprint density at radius 2 is 1.36 bits per heavy atom. The lowest BCUT2D eigenvalue weighted by Crippen LogP contribution is -2.00. The molecule has 3 aromatic rings. The molecule has 2 aromatic carbocycles. The first-order chi connectivity index (χ1) is 12.0. The molecule has 3 rings (SSSR count). The van der Waals surface area contributed by atoms with Gasteiger partial charge in [-0.2, -0.15) is 4.98 Å². The largest absolute Gasteiger partial charge is 0.484 e. The van der Waals surface area contributed by atoms with E-state index < -0.39 is 0 Å². The summed E-state index contributed by atoms with van der Waals surface area (Å²) in [7, 11) is 0. The number of halogens is 4. The van der Waals surface area contributed by atoms with Crippen molar-refractivity contribution in [1.82, 2.24) is 10.1 Å². The molecule has 0 fully saturated rings. The highest BCUT2D eigenvalue weighted by atomic mass is 35.5. The van der Waals surface area contributed by atoms with Gasteiger partial charge in [-0.1, -0.05) is 51.6 Å². The third-order valence-electron chi connectivity index (χ3n) is 3.01. The van der Waals surface area contributed by atoms with Crippen molar-refractivity contribution in [3.8, 4) is 11.5 Å². The number of hydrogen-bond acceptors (Lipinski definition) is 5. The minimum absolute atomic E-state index is 0.0655. The number of aromatic nitrogens is 2. The summed E-state index contributed by atoms with van der Waals surface area (Å²) in [5.41, 5.74) is 0. The van der Waals surface area contributed by atoms with Crippen LogP contribution < -0.4 is 9.47 Å². The molecule has 0 aliphatic carbocycles. The molecule has 9 heteroatoms. The Morgan fingerprint density at radius 1 is 0.800 bits per heavy atom. The maximum atomic E-state index is 6.03. The summed E-state index contributed by atoms with van der Waals surface area (Å²) < 4.78 is 16.2. The van der Waals surface area contributed by atoms with E-state index in [0.717, 1.165) is 0 Å². The summed E-state index contributed by atoms with van der Waals surface area (Å²) in [5.74, 6) is 1.58. The van der Waals surface area contributed by atoms with Gasteiger partial charge in [0.05, 0.1) is 10.0 Å². The summed E-state index contributed by atoms with van der Waals surface area (Å²) >= 11 is 23.7. The van der Waals surface area contributed by atoms with E-state index >= 15 is 0 Å². The van der Waals surface area contributed by atoms with Crippen molar-refractivity contribution in [2.75, 3.05) is 0 Å². The van der Waals surface area contributed by atoms with Crippen LogP contribution in [0.3, 0.4) is 0 Å². The van der Waals surface area contributed by atoms with E-state index in [1.54, 1.807) is 36.4 Å². The molecule has 5 nitrogen and oxygen atoms in total. The van der Waals surface area contributed by atoms with Crippen molar-refractivity contribution in [3.63, 3.8) is 0 Å². The van der Waals surface area contributed by atoms with Gasteiger partial charge in [0.2, 0.25) is 5.82 Å². The van der Waals surface area contributed by atoms with E-state index in [0.29, 0.717) is 37.4 Å². The number of rotatable bonds is 6. The lowest BCUT2D eigenvalue weighted by atomic mass is 10.3. The fraction of sp³-hybridized carbons (Fsp3) is 0.125. The Kier molecular flexibility index (Phi) is 5.91. The molecule has 0 atom stereocenters. The molecule has 0 bridgehead atoms. The Labute approximate surface area is 163 Å².